The molecule has 8 heavy (non-hydrogen) atoms. The van der Waals surface area contributed by atoms with Gasteiger partial charge in [0.1, 0.15) is 11.7 Å². The summed E-state index contributed by atoms with van der Waals surface area (Å²) in [5, 5.41) is 2.95. The minimum absolute atomic E-state index is 0.675. The van der Waals surface area contributed by atoms with Crippen LogP contribution in [0.25, 0.3) is 0 Å². The molecule has 0 saturated heterocycles. The van der Waals surface area contributed by atoms with E-state index in [1.54, 1.807) is 0 Å². The van der Waals surface area contributed by atoms with E-state index >= 15 is 0 Å². The smallest absolute Gasteiger partial charge is 0.120 e. The molecule has 1 aliphatic rings. The molecule has 0 amide bonds. The Morgan fingerprint density at radius 1 is 1.75 bits per heavy atom. The van der Waals surface area contributed by atoms with Crippen molar-refractivity contribution in [3.05, 3.63) is 12.4 Å². The summed E-state index contributed by atoms with van der Waals surface area (Å²) in [6.45, 7) is 4.46. The highest BCUT2D eigenvalue weighted by atomic mass is 15.1. The molecular formula is C5H9N3. The molecule has 3 N–H and O–H groups in total. The summed E-state index contributed by atoms with van der Waals surface area (Å²) in [4.78, 5) is 3.87. The highest BCUT2D eigenvalue weighted by Crippen LogP contribution is 1.94. The van der Waals surface area contributed by atoms with E-state index in [0.29, 0.717) is 11.7 Å². The zero-order chi connectivity index (χ0) is 5.98. The van der Waals surface area contributed by atoms with Crippen LogP contribution < -0.4 is 11.1 Å². The molecular weight excluding hydrogens is 102 g/mol. The average molecular weight is 111 g/mol. The van der Waals surface area contributed by atoms with Gasteiger partial charge in [-0.2, -0.15) is 0 Å². The molecule has 0 saturated carbocycles. The molecule has 3 nitrogen and oxygen atoms in total. The van der Waals surface area contributed by atoms with Crippen molar-refractivity contribution in [1.29, 1.82) is 0 Å². The highest BCUT2D eigenvalue weighted by Gasteiger charge is 1.99. The number of hydrogen-bond acceptors (Lipinski definition) is 3. The van der Waals surface area contributed by atoms with E-state index < -0.39 is 0 Å². The molecule has 0 aliphatic carbocycles. The van der Waals surface area contributed by atoms with Gasteiger partial charge in [-0.3, -0.25) is 0 Å². The van der Waals surface area contributed by atoms with E-state index in [1.165, 1.54) is 0 Å². The fourth-order valence-electron chi connectivity index (χ4n) is 0.604. The summed E-state index contributed by atoms with van der Waals surface area (Å²) in [6, 6.07) is 0. The molecule has 1 heterocycles. The number of aliphatic imine (C=N–C) groups is 1. The Morgan fingerprint density at radius 3 is 2.88 bits per heavy atom. The van der Waals surface area contributed by atoms with Crippen molar-refractivity contribution < 1.29 is 0 Å². The van der Waals surface area contributed by atoms with Gasteiger partial charge in [0, 0.05) is 13.0 Å². The van der Waals surface area contributed by atoms with Crippen LogP contribution in [0, 0.1) is 0 Å². The highest BCUT2D eigenvalue weighted by molar-refractivity contribution is 5.82. The third-order valence-electron chi connectivity index (χ3n) is 0.989. The molecule has 1 aliphatic heterocycles. The van der Waals surface area contributed by atoms with Crippen LogP contribution in [0.15, 0.2) is 17.4 Å². The fraction of sp³-hybridized carbons (Fsp3) is 0.400. The molecule has 0 aromatic carbocycles. The van der Waals surface area contributed by atoms with E-state index in [2.05, 4.69) is 16.9 Å². The Morgan fingerprint density at radius 2 is 2.50 bits per heavy atom. The first-order chi connectivity index (χ1) is 3.79. The van der Waals surface area contributed by atoms with Crippen molar-refractivity contribution in [1.82, 2.24) is 5.32 Å². The average Bonchev–Trinajstić information content (AvgIpc) is 1.64. The molecule has 0 radical (unpaired) electrons. The number of amidine groups is 1. The van der Waals surface area contributed by atoms with Crippen LogP contribution in [0.1, 0.15) is 6.42 Å². The van der Waals surface area contributed by atoms with Gasteiger partial charge in [-0.15, -0.1) is 0 Å². The first-order valence-corrected chi connectivity index (χ1v) is 2.55. The summed E-state index contributed by atoms with van der Waals surface area (Å²) >= 11 is 0. The maximum absolute atomic E-state index is 5.37. The Hall–Kier alpha value is -0.990. The monoisotopic (exact) mass is 111 g/mol. The third-order valence-corrected chi connectivity index (χ3v) is 0.989. The van der Waals surface area contributed by atoms with Crippen LogP contribution in [-0.2, 0) is 0 Å². The summed E-state index contributed by atoms with van der Waals surface area (Å²) < 4.78 is 0. The van der Waals surface area contributed by atoms with Gasteiger partial charge in [0.2, 0.25) is 0 Å². The molecule has 0 unspecified atom stereocenters. The minimum atomic E-state index is 0.675. The molecule has 0 fully saturated rings. The molecule has 0 spiro atoms. The zero-order valence-corrected chi connectivity index (χ0v) is 4.65. The van der Waals surface area contributed by atoms with E-state index in [-0.39, 0.29) is 0 Å². The predicted molar refractivity (Wildman–Crippen MR) is 33.4 cm³/mol. The normalized spacial score (nSPS) is 19.5. The number of hydrogen-bond donors (Lipinski definition) is 2. The standard InChI is InChI=1S/C5H9N3/c1-4-7-3-2-5(6)8-4/h7H,1-3H2,(H2,6,8). The van der Waals surface area contributed by atoms with Crippen LogP contribution >= 0.6 is 0 Å². The molecule has 3 heteroatoms. The zero-order valence-electron chi connectivity index (χ0n) is 4.65. The molecule has 0 bridgehead atoms. The topological polar surface area (TPSA) is 50.4 Å². The number of nitrogens with zero attached hydrogens (tertiary/aromatic N) is 1. The summed E-state index contributed by atoms with van der Waals surface area (Å²) in [5.74, 6) is 1.35. The van der Waals surface area contributed by atoms with E-state index in [9.17, 15) is 0 Å². The Kier molecular flexibility index (Phi) is 1.20. The maximum atomic E-state index is 5.37. The largest absolute Gasteiger partial charge is 0.387 e. The lowest BCUT2D eigenvalue weighted by Gasteiger charge is -2.10. The third kappa shape index (κ3) is 0.992. The van der Waals surface area contributed by atoms with Crippen molar-refractivity contribution in [2.45, 2.75) is 6.42 Å². The van der Waals surface area contributed by atoms with Gasteiger partial charge < -0.3 is 11.1 Å². The summed E-state index contributed by atoms with van der Waals surface area (Å²) in [6.07, 6.45) is 0.832. The first kappa shape index (κ1) is 5.15. The van der Waals surface area contributed by atoms with Gasteiger partial charge in [-0.1, -0.05) is 6.58 Å². The van der Waals surface area contributed by atoms with Crippen LogP contribution in [-0.4, -0.2) is 12.4 Å². The van der Waals surface area contributed by atoms with Crippen LogP contribution in [0.3, 0.4) is 0 Å². The van der Waals surface area contributed by atoms with Crippen molar-refractivity contribution in [3.8, 4) is 0 Å². The lowest BCUT2D eigenvalue weighted by molar-refractivity contribution is 0.776. The fourth-order valence-corrected chi connectivity index (χ4v) is 0.604. The van der Waals surface area contributed by atoms with E-state index in [0.717, 1.165) is 13.0 Å². The minimum Gasteiger partial charge on any atom is -0.387 e. The van der Waals surface area contributed by atoms with Gasteiger partial charge in [-0.25, -0.2) is 4.99 Å². The Labute approximate surface area is 48.3 Å². The van der Waals surface area contributed by atoms with Gasteiger partial charge in [0.15, 0.2) is 0 Å². The number of nitrogens with two attached hydrogens (primary N) is 1. The van der Waals surface area contributed by atoms with Gasteiger partial charge >= 0.3 is 0 Å². The van der Waals surface area contributed by atoms with Gasteiger partial charge in [0.25, 0.3) is 0 Å². The molecule has 0 aromatic rings. The Balaban J connectivity index is 2.64. The first-order valence-electron chi connectivity index (χ1n) is 2.55. The van der Waals surface area contributed by atoms with Crippen molar-refractivity contribution >= 4 is 5.84 Å². The van der Waals surface area contributed by atoms with Crippen molar-refractivity contribution in [2.75, 3.05) is 6.54 Å². The predicted octanol–water partition coefficient (Wildman–Crippen LogP) is -0.192. The maximum Gasteiger partial charge on any atom is 0.120 e. The second-order valence-electron chi connectivity index (χ2n) is 1.73. The molecule has 0 aromatic heterocycles. The molecule has 0 atom stereocenters. The quantitative estimate of drug-likeness (QED) is 0.455. The van der Waals surface area contributed by atoms with Crippen molar-refractivity contribution in [3.63, 3.8) is 0 Å². The van der Waals surface area contributed by atoms with E-state index in [4.69, 9.17) is 5.73 Å². The molecule has 1 rings (SSSR count). The Bertz CT molecular complexity index is 137. The lowest BCUT2D eigenvalue weighted by atomic mass is 10.3. The van der Waals surface area contributed by atoms with Crippen LogP contribution in [0.5, 0.6) is 0 Å². The second kappa shape index (κ2) is 1.86. The van der Waals surface area contributed by atoms with Crippen LogP contribution in [0.4, 0.5) is 0 Å². The van der Waals surface area contributed by atoms with Crippen molar-refractivity contribution in [2.24, 2.45) is 10.7 Å². The number of nitrogens with one attached hydrogen (secondary N) is 1. The second-order valence-corrected chi connectivity index (χ2v) is 1.73. The summed E-state index contributed by atoms with van der Waals surface area (Å²) in [7, 11) is 0. The van der Waals surface area contributed by atoms with Crippen LogP contribution in [0.2, 0.25) is 0 Å². The molecule has 44 valence electrons. The van der Waals surface area contributed by atoms with E-state index in [1.807, 2.05) is 0 Å². The number of rotatable bonds is 0. The lowest BCUT2D eigenvalue weighted by Crippen LogP contribution is -2.27. The SMILES string of the molecule is C=C1N=C(N)CCN1. The van der Waals surface area contributed by atoms with Gasteiger partial charge in [-0.05, 0) is 0 Å². The summed E-state index contributed by atoms with van der Waals surface area (Å²) in [5.41, 5.74) is 5.37. The van der Waals surface area contributed by atoms with Gasteiger partial charge in [0.05, 0.1) is 0 Å².